The van der Waals surface area contributed by atoms with Crippen LogP contribution in [0.1, 0.15) is 24.1 Å². The van der Waals surface area contributed by atoms with Gasteiger partial charge in [0, 0.05) is 41.5 Å². The van der Waals surface area contributed by atoms with Gasteiger partial charge in [0.2, 0.25) is 11.8 Å². The lowest BCUT2D eigenvalue weighted by atomic mass is 10.0. The third kappa shape index (κ3) is 3.87. The molecular weight excluding hydrogens is 405 g/mol. The van der Waals surface area contributed by atoms with Crippen LogP contribution in [0, 0.1) is 5.82 Å². The van der Waals surface area contributed by atoms with Crippen LogP contribution in [0.25, 0.3) is 27.9 Å². The highest BCUT2D eigenvalue weighted by Crippen LogP contribution is 2.30. The first-order valence-electron chi connectivity index (χ1n) is 10.4. The third-order valence-corrected chi connectivity index (χ3v) is 5.70. The molecule has 0 fully saturated rings. The fraction of sp³-hybridized carbons (Fsp3) is 0.154. The van der Waals surface area contributed by atoms with E-state index in [1.807, 2.05) is 30.3 Å². The third-order valence-electron chi connectivity index (χ3n) is 5.70. The average Bonchev–Trinajstić information content (AvgIpc) is 3.10. The number of nitrogens with zero attached hydrogens (tertiary/aromatic N) is 2. The lowest BCUT2D eigenvalue weighted by Gasteiger charge is -2.25. The number of amides is 2. The van der Waals surface area contributed by atoms with Gasteiger partial charge < -0.3 is 15.2 Å². The molecule has 1 atom stereocenters. The summed E-state index contributed by atoms with van der Waals surface area (Å²) in [4.78, 5) is 26.0. The fourth-order valence-electron chi connectivity index (χ4n) is 4.18. The van der Waals surface area contributed by atoms with Gasteiger partial charge >= 0.3 is 0 Å². The zero-order chi connectivity index (χ0) is 22.8. The second kappa shape index (κ2) is 8.67. The Hall–Kier alpha value is -3.93. The van der Waals surface area contributed by atoms with E-state index >= 15 is 0 Å². The molecular formula is C26H24FN3O2. The molecule has 0 aliphatic carbocycles. The second-order valence-corrected chi connectivity index (χ2v) is 7.68. The Balaban J connectivity index is 1.64. The van der Waals surface area contributed by atoms with Crippen molar-refractivity contribution in [1.82, 2.24) is 9.47 Å². The predicted octanol–water partition coefficient (Wildman–Crippen LogP) is 4.65. The van der Waals surface area contributed by atoms with Gasteiger partial charge in [0.1, 0.15) is 11.9 Å². The Morgan fingerprint density at radius 2 is 1.78 bits per heavy atom. The van der Waals surface area contributed by atoms with Crippen LogP contribution in [0.2, 0.25) is 0 Å². The summed E-state index contributed by atoms with van der Waals surface area (Å²) in [6.45, 7) is 2.97. The molecule has 1 heterocycles. The number of para-hydroxylation sites is 1. The van der Waals surface area contributed by atoms with Crippen molar-refractivity contribution in [3.63, 3.8) is 0 Å². The van der Waals surface area contributed by atoms with Crippen LogP contribution in [0.15, 0.2) is 72.8 Å². The van der Waals surface area contributed by atoms with E-state index in [1.54, 1.807) is 12.1 Å². The molecule has 162 valence electrons. The average molecular weight is 429 g/mol. The highest BCUT2D eigenvalue weighted by molar-refractivity contribution is 6.08. The number of nitrogens with two attached hydrogens (primary N) is 1. The van der Waals surface area contributed by atoms with E-state index in [0.29, 0.717) is 5.56 Å². The summed E-state index contributed by atoms with van der Waals surface area (Å²) in [6.07, 6.45) is 3.11. The Bertz CT molecular complexity index is 1360. The summed E-state index contributed by atoms with van der Waals surface area (Å²) in [7, 11) is 1.48. The van der Waals surface area contributed by atoms with Crippen molar-refractivity contribution in [2.24, 2.45) is 5.73 Å². The maximum atomic E-state index is 13.6. The molecule has 2 amide bonds. The second-order valence-electron chi connectivity index (χ2n) is 7.68. The van der Waals surface area contributed by atoms with E-state index in [0.717, 1.165) is 28.4 Å². The van der Waals surface area contributed by atoms with Gasteiger partial charge in [0.25, 0.3) is 0 Å². The number of hydrogen-bond acceptors (Lipinski definition) is 2. The van der Waals surface area contributed by atoms with Crippen molar-refractivity contribution in [1.29, 1.82) is 0 Å². The SMILES string of the molecule is CCn1c2ccccc2c2cc(/C=C/C(=O)N(C)C(C(N)=O)c3cccc(F)c3)ccc21. The molecule has 0 radical (unpaired) electrons. The molecule has 4 aromatic rings. The fourth-order valence-corrected chi connectivity index (χ4v) is 4.18. The van der Waals surface area contributed by atoms with Gasteiger partial charge in [-0.05, 0) is 54.5 Å². The smallest absolute Gasteiger partial charge is 0.247 e. The summed E-state index contributed by atoms with van der Waals surface area (Å²) in [5, 5.41) is 2.27. The number of hydrogen-bond donors (Lipinski definition) is 1. The normalized spacial score (nSPS) is 12.5. The maximum Gasteiger partial charge on any atom is 0.247 e. The van der Waals surface area contributed by atoms with Gasteiger partial charge in [0.15, 0.2) is 0 Å². The molecule has 0 saturated heterocycles. The molecule has 2 N–H and O–H groups in total. The standard InChI is InChI=1S/C26H24FN3O2/c1-3-30-22-10-5-4-9-20(22)21-15-17(11-13-23(21)30)12-14-24(31)29(2)25(26(28)32)18-7-6-8-19(27)16-18/h4-16,25H,3H2,1-2H3,(H2,28,32)/b14-12+. The van der Waals surface area contributed by atoms with Crippen LogP contribution in [0.3, 0.4) is 0 Å². The first-order valence-corrected chi connectivity index (χ1v) is 10.4. The van der Waals surface area contributed by atoms with Crippen LogP contribution < -0.4 is 5.73 Å². The minimum atomic E-state index is -1.06. The molecule has 0 saturated carbocycles. The number of rotatable bonds is 6. The summed E-state index contributed by atoms with van der Waals surface area (Å²) in [5.41, 5.74) is 9.01. The van der Waals surface area contributed by atoms with Crippen molar-refractivity contribution in [3.05, 3.63) is 89.8 Å². The van der Waals surface area contributed by atoms with E-state index < -0.39 is 23.7 Å². The number of likely N-dealkylation sites (N-methyl/N-ethyl adjacent to an activating group) is 1. The first-order chi connectivity index (χ1) is 15.4. The van der Waals surface area contributed by atoms with Gasteiger partial charge in [-0.15, -0.1) is 0 Å². The molecule has 32 heavy (non-hydrogen) atoms. The van der Waals surface area contributed by atoms with Crippen molar-refractivity contribution in [3.8, 4) is 0 Å². The van der Waals surface area contributed by atoms with Crippen molar-refractivity contribution in [2.45, 2.75) is 19.5 Å². The minimum absolute atomic E-state index is 0.329. The molecule has 1 unspecified atom stereocenters. The topological polar surface area (TPSA) is 68.3 Å². The van der Waals surface area contributed by atoms with Gasteiger partial charge in [-0.3, -0.25) is 9.59 Å². The van der Waals surface area contributed by atoms with E-state index in [2.05, 4.69) is 23.6 Å². The number of primary amides is 1. The van der Waals surface area contributed by atoms with Crippen LogP contribution in [-0.4, -0.2) is 28.3 Å². The number of aromatic nitrogens is 1. The largest absolute Gasteiger partial charge is 0.368 e. The molecule has 0 bridgehead atoms. The zero-order valence-electron chi connectivity index (χ0n) is 18.0. The van der Waals surface area contributed by atoms with Crippen LogP contribution in [0.4, 0.5) is 4.39 Å². The number of carbonyl (C=O) groups excluding carboxylic acids is 2. The Morgan fingerprint density at radius 1 is 1.03 bits per heavy atom. The molecule has 0 aliphatic rings. The summed E-state index contributed by atoms with van der Waals surface area (Å²) in [6, 6.07) is 18.8. The number of carbonyl (C=O) groups is 2. The van der Waals surface area contributed by atoms with Crippen molar-refractivity contribution in [2.75, 3.05) is 7.05 Å². The van der Waals surface area contributed by atoms with E-state index in [4.69, 9.17) is 5.73 Å². The Morgan fingerprint density at radius 3 is 2.50 bits per heavy atom. The van der Waals surface area contributed by atoms with E-state index in [9.17, 15) is 14.0 Å². The molecule has 0 spiro atoms. The summed E-state index contributed by atoms with van der Waals surface area (Å²) >= 11 is 0. The summed E-state index contributed by atoms with van der Waals surface area (Å²) in [5.74, 6) is -1.63. The van der Waals surface area contributed by atoms with Gasteiger partial charge in [-0.25, -0.2) is 4.39 Å². The quantitative estimate of drug-likeness (QED) is 0.453. The van der Waals surface area contributed by atoms with Crippen LogP contribution in [-0.2, 0) is 16.1 Å². The van der Waals surface area contributed by atoms with Crippen molar-refractivity contribution >= 4 is 39.7 Å². The number of fused-ring (bicyclic) bond motifs is 3. The number of aryl methyl sites for hydroxylation is 1. The first kappa shape index (κ1) is 21.3. The molecule has 5 nitrogen and oxygen atoms in total. The number of halogens is 1. The van der Waals surface area contributed by atoms with Crippen LogP contribution in [0.5, 0.6) is 0 Å². The van der Waals surface area contributed by atoms with E-state index in [-0.39, 0.29) is 0 Å². The Kier molecular flexibility index (Phi) is 5.77. The zero-order valence-corrected chi connectivity index (χ0v) is 18.0. The molecule has 4 rings (SSSR count). The minimum Gasteiger partial charge on any atom is -0.368 e. The lowest BCUT2D eigenvalue weighted by Crippen LogP contribution is -2.38. The Labute approximate surface area is 185 Å². The maximum absolute atomic E-state index is 13.6. The van der Waals surface area contributed by atoms with E-state index in [1.165, 1.54) is 41.7 Å². The lowest BCUT2D eigenvalue weighted by molar-refractivity contribution is -0.134. The summed E-state index contributed by atoms with van der Waals surface area (Å²) < 4.78 is 15.9. The van der Waals surface area contributed by atoms with Gasteiger partial charge in [-0.1, -0.05) is 36.4 Å². The van der Waals surface area contributed by atoms with Crippen LogP contribution >= 0.6 is 0 Å². The molecule has 3 aromatic carbocycles. The number of benzene rings is 3. The highest BCUT2D eigenvalue weighted by Gasteiger charge is 2.26. The monoisotopic (exact) mass is 429 g/mol. The van der Waals surface area contributed by atoms with Gasteiger partial charge in [-0.2, -0.15) is 0 Å². The molecule has 6 heteroatoms. The molecule has 1 aromatic heterocycles. The highest BCUT2D eigenvalue weighted by atomic mass is 19.1. The van der Waals surface area contributed by atoms with Gasteiger partial charge in [0.05, 0.1) is 0 Å². The molecule has 0 aliphatic heterocycles. The predicted molar refractivity (Wildman–Crippen MR) is 125 cm³/mol. The van der Waals surface area contributed by atoms with Crippen molar-refractivity contribution < 1.29 is 14.0 Å².